The lowest BCUT2D eigenvalue weighted by Crippen LogP contribution is -2.41. The molecule has 0 saturated carbocycles. The van der Waals surface area contributed by atoms with E-state index in [-0.39, 0.29) is 29.6 Å². The quantitative estimate of drug-likeness (QED) is 0.771. The molecule has 156 valence electrons. The number of carbonyl (C=O) groups excluding carboxylic acids is 1. The first-order valence-electron chi connectivity index (χ1n) is 9.87. The summed E-state index contributed by atoms with van der Waals surface area (Å²) in [6, 6.07) is 5.28. The van der Waals surface area contributed by atoms with Crippen LogP contribution < -0.4 is 14.8 Å². The van der Waals surface area contributed by atoms with Gasteiger partial charge in [0, 0.05) is 30.7 Å². The van der Waals surface area contributed by atoms with E-state index in [1.807, 2.05) is 0 Å². The molecule has 2 heterocycles. The van der Waals surface area contributed by atoms with E-state index in [4.69, 9.17) is 9.47 Å². The Kier molecular flexibility index (Phi) is 6.50. The molecular formula is C20H30N2O5S. The fourth-order valence-corrected chi connectivity index (χ4v) is 5.45. The summed E-state index contributed by atoms with van der Waals surface area (Å²) in [5.74, 6) is 0.990. The van der Waals surface area contributed by atoms with Gasteiger partial charge in [-0.1, -0.05) is 0 Å². The maximum atomic E-state index is 12.6. The second kappa shape index (κ2) is 8.69. The van der Waals surface area contributed by atoms with Gasteiger partial charge < -0.3 is 19.7 Å². The van der Waals surface area contributed by atoms with Crippen molar-refractivity contribution in [3.63, 3.8) is 0 Å². The van der Waals surface area contributed by atoms with Crippen LogP contribution in [0.15, 0.2) is 18.2 Å². The van der Waals surface area contributed by atoms with Crippen LogP contribution in [0, 0.1) is 0 Å². The zero-order valence-electron chi connectivity index (χ0n) is 16.8. The third-order valence-corrected chi connectivity index (χ3v) is 7.26. The van der Waals surface area contributed by atoms with Gasteiger partial charge >= 0.3 is 0 Å². The molecule has 2 saturated heterocycles. The van der Waals surface area contributed by atoms with Crippen molar-refractivity contribution in [1.82, 2.24) is 10.2 Å². The number of hydrogen-bond acceptors (Lipinski definition) is 6. The number of nitrogens with zero attached hydrogens (tertiary/aromatic N) is 1. The van der Waals surface area contributed by atoms with E-state index in [1.54, 1.807) is 25.3 Å². The number of methoxy groups -OCH3 is 1. The van der Waals surface area contributed by atoms with E-state index < -0.39 is 9.84 Å². The van der Waals surface area contributed by atoms with Crippen LogP contribution in [0.3, 0.4) is 0 Å². The summed E-state index contributed by atoms with van der Waals surface area (Å²) < 4.78 is 34.8. The maximum Gasteiger partial charge on any atom is 0.251 e. The monoisotopic (exact) mass is 410 g/mol. The highest BCUT2D eigenvalue weighted by Crippen LogP contribution is 2.31. The smallest absolute Gasteiger partial charge is 0.251 e. The molecule has 1 aromatic carbocycles. The van der Waals surface area contributed by atoms with Crippen LogP contribution in [0.5, 0.6) is 11.5 Å². The van der Waals surface area contributed by atoms with Crippen LogP contribution in [-0.2, 0) is 9.84 Å². The predicted octanol–water partition coefficient (Wildman–Crippen LogP) is 1.86. The molecule has 1 amide bonds. The van der Waals surface area contributed by atoms with Gasteiger partial charge in [-0.2, -0.15) is 0 Å². The van der Waals surface area contributed by atoms with Crippen LogP contribution in [0.25, 0.3) is 0 Å². The van der Waals surface area contributed by atoms with Gasteiger partial charge in [0.1, 0.15) is 6.10 Å². The minimum absolute atomic E-state index is 0.00662. The molecule has 0 spiro atoms. The highest BCUT2D eigenvalue weighted by atomic mass is 32.2. The van der Waals surface area contributed by atoms with Gasteiger partial charge in [0.25, 0.3) is 5.91 Å². The van der Waals surface area contributed by atoms with Crippen molar-refractivity contribution in [2.75, 3.05) is 31.7 Å². The molecule has 28 heavy (non-hydrogen) atoms. The fraction of sp³-hybridized carbons (Fsp3) is 0.650. The van der Waals surface area contributed by atoms with Gasteiger partial charge in [0.2, 0.25) is 0 Å². The lowest BCUT2D eigenvalue weighted by molar-refractivity contribution is 0.0818. The number of amides is 1. The van der Waals surface area contributed by atoms with Crippen LogP contribution in [0.2, 0.25) is 0 Å². The van der Waals surface area contributed by atoms with Gasteiger partial charge in [-0.15, -0.1) is 0 Å². The van der Waals surface area contributed by atoms with Crippen LogP contribution in [0.4, 0.5) is 0 Å². The SMILES string of the molecule is COc1ccc(C(=O)N[C@@H]2CCS(=O)(=O)C2)cc1OC1CCN(C(C)C)CC1. The van der Waals surface area contributed by atoms with Crippen molar-refractivity contribution >= 4 is 15.7 Å². The Morgan fingerprint density at radius 3 is 2.46 bits per heavy atom. The number of piperidine rings is 1. The lowest BCUT2D eigenvalue weighted by Gasteiger charge is -2.34. The van der Waals surface area contributed by atoms with Gasteiger partial charge in [-0.25, -0.2) is 8.42 Å². The molecule has 0 radical (unpaired) electrons. The average molecular weight is 411 g/mol. The first-order valence-corrected chi connectivity index (χ1v) is 11.7. The summed E-state index contributed by atoms with van der Waals surface area (Å²) in [5.41, 5.74) is 0.444. The molecule has 2 aliphatic heterocycles. The van der Waals surface area contributed by atoms with Crippen LogP contribution >= 0.6 is 0 Å². The number of ether oxygens (including phenoxy) is 2. The molecule has 3 rings (SSSR count). The number of hydrogen-bond donors (Lipinski definition) is 1. The van der Waals surface area contributed by atoms with E-state index in [2.05, 4.69) is 24.1 Å². The second-order valence-corrected chi connectivity index (χ2v) is 10.1. The topological polar surface area (TPSA) is 84.9 Å². The number of rotatable bonds is 6. The molecule has 0 unspecified atom stereocenters. The minimum Gasteiger partial charge on any atom is -0.493 e. The molecule has 0 aromatic heterocycles. The highest BCUT2D eigenvalue weighted by Gasteiger charge is 2.29. The highest BCUT2D eigenvalue weighted by molar-refractivity contribution is 7.91. The predicted molar refractivity (Wildman–Crippen MR) is 108 cm³/mol. The van der Waals surface area contributed by atoms with Gasteiger partial charge in [-0.3, -0.25) is 4.79 Å². The molecule has 1 atom stereocenters. The number of likely N-dealkylation sites (tertiary alicyclic amines) is 1. The molecule has 0 aliphatic carbocycles. The molecule has 2 fully saturated rings. The van der Waals surface area contributed by atoms with Crippen molar-refractivity contribution in [2.45, 2.75) is 51.3 Å². The third kappa shape index (κ3) is 5.17. The van der Waals surface area contributed by atoms with E-state index in [9.17, 15) is 13.2 Å². The van der Waals surface area contributed by atoms with Crippen LogP contribution in [-0.4, -0.2) is 69.1 Å². The number of nitrogens with one attached hydrogen (secondary N) is 1. The zero-order valence-corrected chi connectivity index (χ0v) is 17.6. The van der Waals surface area contributed by atoms with E-state index in [0.29, 0.717) is 29.5 Å². The summed E-state index contributed by atoms with van der Waals surface area (Å²) >= 11 is 0. The summed E-state index contributed by atoms with van der Waals surface area (Å²) in [5, 5.41) is 2.82. The second-order valence-electron chi connectivity index (χ2n) is 7.89. The molecule has 8 heteroatoms. The zero-order chi connectivity index (χ0) is 20.3. The molecular weight excluding hydrogens is 380 g/mol. The number of benzene rings is 1. The fourth-order valence-electron chi connectivity index (χ4n) is 3.78. The standard InChI is InChI=1S/C20H30N2O5S/c1-14(2)22-9-6-17(7-10-22)27-19-12-15(4-5-18(19)26-3)20(23)21-16-8-11-28(24,25)13-16/h4-5,12,14,16-17H,6-11,13H2,1-3H3,(H,21,23)/t16-/m1/s1. The minimum atomic E-state index is -3.04. The molecule has 2 aliphatic rings. The van der Waals surface area contributed by atoms with E-state index in [1.165, 1.54) is 0 Å². The Balaban J connectivity index is 1.65. The van der Waals surface area contributed by atoms with Crippen molar-refractivity contribution < 1.29 is 22.7 Å². The van der Waals surface area contributed by atoms with E-state index >= 15 is 0 Å². The molecule has 7 nitrogen and oxygen atoms in total. The molecule has 0 bridgehead atoms. The normalized spacial score (nSPS) is 22.9. The van der Waals surface area contributed by atoms with Crippen molar-refractivity contribution in [1.29, 1.82) is 0 Å². The van der Waals surface area contributed by atoms with Gasteiger partial charge in [-0.05, 0) is 51.3 Å². The Bertz CT molecular complexity index is 801. The van der Waals surface area contributed by atoms with Crippen LogP contribution in [0.1, 0.15) is 43.5 Å². The molecule has 1 N–H and O–H groups in total. The summed E-state index contributed by atoms with van der Waals surface area (Å²) in [7, 11) is -1.46. The average Bonchev–Trinajstić information content (AvgIpc) is 3.00. The Labute approximate surface area is 167 Å². The van der Waals surface area contributed by atoms with Gasteiger partial charge in [0.05, 0.1) is 18.6 Å². The lowest BCUT2D eigenvalue weighted by atomic mass is 10.1. The third-order valence-electron chi connectivity index (χ3n) is 5.49. The van der Waals surface area contributed by atoms with Crippen molar-refractivity contribution in [3.05, 3.63) is 23.8 Å². The first kappa shape index (κ1) is 20.9. The number of sulfone groups is 1. The summed E-state index contributed by atoms with van der Waals surface area (Å²) in [6.07, 6.45) is 2.40. The Morgan fingerprint density at radius 1 is 1.18 bits per heavy atom. The van der Waals surface area contributed by atoms with Crippen molar-refractivity contribution in [3.8, 4) is 11.5 Å². The maximum absolute atomic E-state index is 12.6. The largest absolute Gasteiger partial charge is 0.493 e. The molecule has 1 aromatic rings. The van der Waals surface area contributed by atoms with Crippen molar-refractivity contribution in [2.24, 2.45) is 0 Å². The number of carbonyl (C=O) groups is 1. The summed E-state index contributed by atoms with van der Waals surface area (Å²) in [4.78, 5) is 15.0. The van der Waals surface area contributed by atoms with Gasteiger partial charge in [0.15, 0.2) is 21.3 Å². The van der Waals surface area contributed by atoms with E-state index in [0.717, 1.165) is 25.9 Å². The Morgan fingerprint density at radius 2 is 1.89 bits per heavy atom. The Hall–Kier alpha value is -1.80. The first-order chi connectivity index (χ1) is 13.3. The summed E-state index contributed by atoms with van der Waals surface area (Å²) in [6.45, 7) is 6.37.